The van der Waals surface area contributed by atoms with Crippen LogP contribution in [-0.4, -0.2) is 30.6 Å². The van der Waals surface area contributed by atoms with E-state index in [2.05, 4.69) is 0 Å². The lowest BCUT2D eigenvalue weighted by molar-refractivity contribution is 0.0757. The smallest absolute Gasteiger partial charge is 0.264 e. The molecular formula is C22H21NO3S. The van der Waals surface area contributed by atoms with Gasteiger partial charge in [-0.2, -0.15) is 0 Å². The summed E-state index contributed by atoms with van der Waals surface area (Å²) in [5.74, 6) is 1.60. The summed E-state index contributed by atoms with van der Waals surface area (Å²) in [5.41, 5.74) is 2.17. The van der Waals surface area contributed by atoms with Gasteiger partial charge in [-0.05, 0) is 48.4 Å². The molecule has 0 fully saturated rings. The molecule has 4 nitrogen and oxygen atoms in total. The second-order valence-electron chi connectivity index (χ2n) is 6.33. The lowest BCUT2D eigenvalue weighted by Crippen LogP contribution is -2.29. The number of carbonyl (C=O) groups excluding carboxylic acids is 1. The van der Waals surface area contributed by atoms with Crippen LogP contribution in [-0.2, 0) is 6.54 Å². The molecule has 0 saturated carbocycles. The van der Waals surface area contributed by atoms with Gasteiger partial charge < -0.3 is 14.4 Å². The Hall–Kier alpha value is -2.79. The number of ether oxygens (including phenoxy) is 2. The van der Waals surface area contributed by atoms with E-state index < -0.39 is 0 Å². The standard InChI is InChI=1S/C22H21NO3S/c1-2-23(15-16-6-4-3-5-7-16)22(24)21-11-10-20(27-21)17-8-9-18-19(14-17)26-13-12-25-18/h3-11,14H,2,12-13,15H2,1H3. The number of hydrogen-bond acceptors (Lipinski definition) is 4. The number of rotatable bonds is 5. The van der Waals surface area contributed by atoms with Gasteiger partial charge in [0.15, 0.2) is 11.5 Å². The van der Waals surface area contributed by atoms with E-state index in [1.165, 1.54) is 11.3 Å². The highest BCUT2D eigenvalue weighted by Crippen LogP contribution is 2.37. The quantitative estimate of drug-likeness (QED) is 0.636. The Kier molecular flexibility index (Phi) is 5.12. The maximum Gasteiger partial charge on any atom is 0.264 e. The van der Waals surface area contributed by atoms with Crippen LogP contribution in [0.3, 0.4) is 0 Å². The van der Waals surface area contributed by atoms with E-state index in [-0.39, 0.29) is 5.91 Å². The van der Waals surface area contributed by atoms with E-state index in [0.29, 0.717) is 26.3 Å². The Morgan fingerprint density at radius 1 is 1.00 bits per heavy atom. The van der Waals surface area contributed by atoms with Crippen LogP contribution >= 0.6 is 11.3 Å². The van der Waals surface area contributed by atoms with Gasteiger partial charge >= 0.3 is 0 Å². The van der Waals surface area contributed by atoms with Crippen molar-refractivity contribution in [1.29, 1.82) is 0 Å². The fourth-order valence-electron chi connectivity index (χ4n) is 3.09. The number of benzene rings is 2. The summed E-state index contributed by atoms with van der Waals surface area (Å²) in [5, 5.41) is 0. The highest BCUT2D eigenvalue weighted by molar-refractivity contribution is 7.17. The number of thiophene rings is 1. The minimum Gasteiger partial charge on any atom is -0.486 e. The molecule has 3 aromatic rings. The van der Waals surface area contributed by atoms with Gasteiger partial charge in [-0.15, -0.1) is 11.3 Å². The molecular weight excluding hydrogens is 358 g/mol. The molecule has 2 aromatic carbocycles. The van der Waals surface area contributed by atoms with Crippen molar-refractivity contribution in [3.63, 3.8) is 0 Å². The molecule has 0 atom stereocenters. The largest absolute Gasteiger partial charge is 0.486 e. The van der Waals surface area contributed by atoms with Crippen molar-refractivity contribution in [3.8, 4) is 21.9 Å². The predicted molar refractivity (Wildman–Crippen MR) is 108 cm³/mol. The van der Waals surface area contributed by atoms with Crippen LogP contribution < -0.4 is 9.47 Å². The van der Waals surface area contributed by atoms with Crippen molar-refractivity contribution >= 4 is 17.2 Å². The van der Waals surface area contributed by atoms with Crippen LogP contribution in [0, 0.1) is 0 Å². The molecule has 27 heavy (non-hydrogen) atoms. The summed E-state index contributed by atoms with van der Waals surface area (Å²) in [4.78, 5) is 16.6. The van der Waals surface area contributed by atoms with E-state index in [0.717, 1.165) is 32.4 Å². The summed E-state index contributed by atoms with van der Waals surface area (Å²) < 4.78 is 11.2. The van der Waals surface area contributed by atoms with Crippen LogP contribution in [0.4, 0.5) is 0 Å². The van der Waals surface area contributed by atoms with Crippen molar-refractivity contribution in [2.75, 3.05) is 19.8 Å². The van der Waals surface area contributed by atoms with Gasteiger partial charge in [-0.25, -0.2) is 0 Å². The van der Waals surface area contributed by atoms with Crippen molar-refractivity contribution in [1.82, 2.24) is 4.90 Å². The summed E-state index contributed by atoms with van der Waals surface area (Å²) in [6.07, 6.45) is 0. The highest BCUT2D eigenvalue weighted by Gasteiger charge is 2.18. The number of hydrogen-bond donors (Lipinski definition) is 0. The second kappa shape index (κ2) is 7.84. The Morgan fingerprint density at radius 2 is 1.78 bits per heavy atom. The van der Waals surface area contributed by atoms with Crippen LogP contribution in [0.5, 0.6) is 11.5 Å². The molecule has 1 aliphatic heterocycles. The first-order valence-electron chi connectivity index (χ1n) is 9.07. The number of nitrogens with zero attached hydrogens (tertiary/aromatic N) is 1. The van der Waals surface area contributed by atoms with Gasteiger partial charge in [0.25, 0.3) is 5.91 Å². The van der Waals surface area contributed by atoms with Crippen LogP contribution in [0.1, 0.15) is 22.2 Å². The van der Waals surface area contributed by atoms with Gasteiger partial charge in [0.1, 0.15) is 13.2 Å². The van der Waals surface area contributed by atoms with Crippen molar-refractivity contribution in [2.24, 2.45) is 0 Å². The molecule has 138 valence electrons. The molecule has 0 unspecified atom stereocenters. The van der Waals surface area contributed by atoms with Crippen molar-refractivity contribution < 1.29 is 14.3 Å². The zero-order chi connectivity index (χ0) is 18.6. The van der Waals surface area contributed by atoms with E-state index >= 15 is 0 Å². The average molecular weight is 379 g/mol. The molecule has 4 rings (SSSR count). The monoisotopic (exact) mass is 379 g/mol. The second-order valence-corrected chi connectivity index (χ2v) is 7.41. The Labute approximate surface area is 163 Å². The Balaban J connectivity index is 1.53. The molecule has 0 N–H and O–H groups in total. The third-order valence-corrected chi connectivity index (χ3v) is 5.65. The molecule has 1 aromatic heterocycles. The van der Waals surface area contributed by atoms with Gasteiger partial charge in [-0.3, -0.25) is 4.79 Å². The van der Waals surface area contributed by atoms with Crippen molar-refractivity contribution in [2.45, 2.75) is 13.5 Å². The summed E-state index contributed by atoms with van der Waals surface area (Å²) >= 11 is 1.51. The fourth-order valence-corrected chi connectivity index (χ4v) is 4.06. The van der Waals surface area contributed by atoms with Gasteiger partial charge in [-0.1, -0.05) is 30.3 Å². The number of amides is 1. The maximum atomic E-state index is 12.9. The SMILES string of the molecule is CCN(Cc1ccccc1)C(=O)c1ccc(-c2ccc3c(c2)OCCO3)s1. The lowest BCUT2D eigenvalue weighted by atomic mass is 10.1. The highest BCUT2D eigenvalue weighted by atomic mass is 32.1. The molecule has 0 spiro atoms. The molecule has 0 bridgehead atoms. The van der Waals surface area contributed by atoms with Gasteiger partial charge in [0, 0.05) is 18.0 Å². The summed E-state index contributed by atoms with van der Waals surface area (Å²) in [6, 6.07) is 19.9. The molecule has 2 heterocycles. The van der Waals surface area contributed by atoms with Crippen LogP contribution in [0.15, 0.2) is 60.7 Å². The van der Waals surface area contributed by atoms with Gasteiger partial charge in [0.05, 0.1) is 4.88 Å². The minimum atomic E-state index is 0.0650. The third-order valence-electron chi connectivity index (χ3n) is 4.53. The third kappa shape index (κ3) is 3.83. The zero-order valence-corrected chi connectivity index (χ0v) is 16.0. The van der Waals surface area contributed by atoms with E-state index in [9.17, 15) is 4.79 Å². The summed E-state index contributed by atoms with van der Waals surface area (Å²) in [6.45, 7) is 4.45. The first kappa shape index (κ1) is 17.6. The molecule has 0 saturated heterocycles. The van der Waals surface area contributed by atoms with Gasteiger partial charge in [0.2, 0.25) is 0 Å². The molecule has 1 aliphatic rings. The minimum absolute atomic E-state index is 0.0650. The molecule has 5 heteroatoms. The van der Waals surface area contributed by atoms with E-state index in [1.54, 1.807) is 0 Å². The molecule has 1 amide bonds. The number of fused-ring (bicyclic) bond motifs is 1. The van der Waals surface area contributed by atoms with Crippen LogP contribution in [0.2, 0.25) is 0 Å². The predicted octanol–water partition coefficient (Wildman–Crippen LogP) is 4.85. The summed E-state index contributed by atoms with van der Waals surface area (Å²) in [7, 11) is 0. The van der Waals surface area contributed by atoms with E-state index in [4.69, 9.17) is 9.47 Å². The Morgan fingerprint density at radius 3 is 2.56 bits per heavy atom. The van der Waals surface area contributed by atoms with Crippen molar-refractivity contribution in [3.05, 3.63) is 71.1 Å². The molecule has 0 aliphatic carbocycles. The van der Waals surface area contributed by atoms with E-state index in [1.807, 2.05) is 72.5 Å². The molecule has 0 radical (unpaired) electrons. The van der Waals surface area contributed by atoms with Crippen LogP contribution in [0.25, 0.3) is 10.4 Å². The first-order chi connectivity index (χ1) is 13.2. The fraction of sp³-hybridized carbons (Fsp3) is 0.227. The average Bonchev–Trinajstić information content (AvgIpc) is 3.22. The first-order valence-corrected chi connectivity index (χ1v) is 9.89. The maximum absolute atomic E-state index is 12.9. The number of carbonyl (C=O) groups is 1. The normalized spacial score (nSPS) is 12.6. The lowest BCUT2D eigenvalue weighted by Gasteiger charge is -2.20. The topological polar surface area (TPSA) is 38.8 Å². The Bertz CT molecular complexity index is 936. The zero-order valence-electron chi connectivity index (χ0n) is 15.2.